The van der Waals surface area contributed by atoms with Crippen LogP contribution < -0.4 is 14.2 Å². The second-order valence-corrected chi connectivity index (χ2v) is 7.13. The Morgan fingerprint density at radius 1 is 1.08 bits per heavy atom. The molecule has 0 atom stereocenters. The van der Waals surface area contributed by atoms with Crippen molar-refractivity contribution in [3.8, 4) is 11.5 Å². The van der Waals surface area contributed by atoms with Crippen LogP contribution in [0.3, 0.4) is 0 Å². The number of carbonyl (C=O) groups is 1. The number of nitrogens with one attached hydrogen (secondary N) is 1. The number of esters is 1. The highest BCUT2D eigenvalue weighted by Gasteiger charge is 2.20. The van der Waals surface area contributed by atoms with Gasteiger partial charge in [-0.3, -0.25) is 4.72 Å². The van der Waals surface area contributed by atoms with Gasteiger partial charge in [0.15, 0.2) is 11.5 Å². The van der Waals surface area contributed by atoms with Crippen molar-refractivity contribution in [3.05, 3.63) is 47.0 Å². The summed E-state index contributed by atoms with van der Waals surface area (Å²) in [6.45, 7) is 1.79. The maximum Gasteiger partial charge on any atom is 0.339 e. The van der Waals surface area contributed by atoms with E-state index in [2.05, 4.69) is 4.72 Å². The summed E-state index contributed by atoms with van der Waals surface area (Å²) in [6.07, 6.45) is 0. The van der Waals surface area contributed by atoms with Gasteiger partial charge >= 0.3 is 5.97 Å². The molecule has 0 unspecified atom stereocenters. The van der Waals surface area contributed by atoms with Crippen LogP contribution in [0.4, 0.5) is 5.69 Å². The summed E-state index contributed by atoms with van der Waals surface area (Å²) in [5, 5.41) is 0.105. The lowest BCUT2D eigenvalue weighted by molar-refractivity contribution is 0.0526. The fourth-order valence-corrected chi connectivity index (χ4v) is 3.42. The molecule has 7 nitrogen and oxygen atoms in total. The van der Waals surface area contributed by atoms with Gasteiger partial charge in [0.2, 0.25) is 0 Å². The highest BCUT2D eigenvalue weighted by molar-refractivity contribution is 7.92. The Bertz CT molecular complexity index is 913. The molecule has 0 aromatic heterocycles. The van der Waals surface area contributed by atoms with Crippen LogP contribution >= 0.6 is 11.6 Å². The Morgan fingerprint density at radius 2 is 1.77 bits per heavy atom. The van der Waals surface area contributed by atoms with Crippen LogP contribution in [0.5, 0.6) is 11.5 Å². The van der Waals surface area contributed by atoms with Gasteiger partial charge in [-0.15, -0.1) is 0 Å². The van der Waals surface area contributed by atoms with E-state index >= 15 is 0 Å². The minimum atomic E-state index is -3.96. The molecular weight excluding hydrogens is 382 g/mol. The highest BCUT2D eigenvalue weighted by atomic mass is 35.5. The molecule has 140 valence electrons. The average Bonchev–Trinajstić information content (AvgIpc) is 2.61. The lowest BCUT2D eigenvalue weighted by atomic mass is 10.2. The monoisotopic (exact) mass is 399 g/mol. The van der Waals surface area contributed by atoms with Gasteiger partial charge in [-0.1, -0.05) is 11.6 Å². The number of hydrogen-bond donors (Lipinski definition) is 1. The van der Waals surface area contributed by atoms with Gasteiger partial charge in [0.25, 0.3) is 10.0 Å². The third-order valence-corrected chi connectivity index (χ3v) is 5.09. The minimum absolute atomic E-state index is 0.0243. The number of halogens is 1. The third-order valence-electron chi connectivity index (χ3n) is 3.38. The number of rotatable bonds is 7. The first-order chi connectivity index (χ1) is 12.3. The zero-order valence-electron chi connectivity index (χ0n) is 14.4. The van der Waals surface area contributed by atoms with E-state index in [0.29, 0.717) is 11.5 Å². The van der Waals surface area contributed by atoms with Crippen LogP contribution in [0.25, 0.3) is 0 Å². The van der Waals surface area contributed by atoms with Gasteiger partial charge in [-0.25, -0.2) is 13.2 Å². The fourth-order valence-electron chi connectivity index (χ4n) is 2.15. The van der Waals surface area contributed by atoms with E-state index in [1.807, 2.05) is 0 Å². The van der Waals surface area contributed by atoms with Crippen molar-refractivity contribution in [2.75, 3.05) is 25.5 Å². The number of anilines is 1. The Morgan fingerprint density at radius 3 is 2.38 bits per heavy atom. The molecule has 0 saturated carbocycles. The van der Waals surface area contributed by atoms with E-state index in [4.69, 9.17) is 25.8 Å². The summed E-state index contributed by atoms with van der Waals surface area (Å²) in [7, 11) is -1.03. The number of methoxy groups -OCH3 is 2. The first kappa shape index (κ1) is 19.9. The van der Waals surface area contributed by atoms with Crippen LogP contribution in [0, 0.1) is 0 Å². The van der Waals surface area contributed by atoms with Crippen molar-refractivity contribution in [1.82, 2.24) is 0 Å². The molecule has 2 aromatic carbocycles. The molecule has 0 heterocycles. The van der Waals surface area contributed by atoms with E-state index in [1.54, 1.807) is 13.0 Å². The molecule has 0 spiro atoms. The summed E-state index contributed by atoms with van der Waals surface area (Å²) in [6, 6.07) is 8.39. The van der Waals surface area contributed by atoms with E-state index in [1.165, 1.54) is 44.6 Å². The van der Waals surface area contributed by atoms with Crippen LogP contribution in [0.15, 0.2) is 41.3 Å². The van der Waals surface area contributed by atoms with Crippen molar-refractivity contribution < 1.29 is 27.4 Å². The molecule has 0 radical (unpaired) electrons. The zero-order valence-corrected chi connectivity index (χ0v) is 16.0. The molecule has 0 amide bonds. The first-order valence-electron chi connectivity index (χ1n) is 7.54. The van der Waals surface area contributed by atoms with Crippen molar-refractivity contribution >= 4 is 33.3 Å². The first-order valence-corrected chi connectivity index (χ1v) is 9.40. The molecule has 26 heavy (non-hydrogen) atoms. The van der Waals surface area contributed by atoms with Gasteiger partial charge in [-0.05, 0) is 37.3 Å². The third kappa shape index (κ3) is 4.39. The lowest BCUT2D eigenvalue weighted by Crippen LogP contribution is -2.14. The van der Waals surface area contributed by atoms with Crippen molar-refractivity contribution in [3.63, 3.8) is 0 Å². The molecular formula is C17H18ClNO6S. The van der Waals surface area contributed by atoms with Crippen molar-refractivity contribution in [2.24, 2.45) is 0 Å². The largest absolute Gasteiger partial charge is 0.493 e. The average molecular weight is 400 g/mol. The van der Waals surface area contributed by atoms with Gasteiger partial charge in [-0.2, -0.15) is 0 Å². The quantitative estimate of drug-likeness (QED) is 0.718. The SMILES string of the molecule is CCOC(=O)c1cc(S(=O)(=O)Nc2ccc(OC)c(OC)c2)ccc1Cl. The number of ether oxygens (including phenoxy) is 3. The summed E-state index contributed by atoms with van der Waals surface area (Å²) in [4.78, 5) is 11.8. The topological polar surface area (TPSA) is 90.9 Å². The molecule has 0 saturated heterocycles. The van der Waals surface area contributed by atoms with Crippen LogP contribution in [0.1, 0.15) is 17.3 Å². The Labute approximate surface area is 156 Å². The van der Waals surface area contributed by atoms with E-state index < -0.39 is 16.0 Å². The number of benzene rings is 2. The van der Waals surface area contributed by atoms with Crippen LogP contribution in [-0.2, 0) is 14.8 Å². The molecule has 0 aliphatic heterocycles. The van der Waals surface area contributed by atoms with Crippen molar-refractivity contribution in [2.45, 2.75) is 11.8 Å². The van der Waals surface area contributed by atoms with Gasteiger partial charge in [0, 0.05) is 6.07 Å². The molecule has 0 bridgehead atoms. The fraction of sp³-hybridized carbons (Fsp3) is 0.235. The van der Waals surface area contributed by atoms with Crippen LogP contribution in [-0.4, -0.2) is 35.2 Å². The van der Waals surface area contributed by atoms with Gasteiger partial charge in [0.05, 0.1) is 42.0 Å². The number of carbonyl (C=O) groups excluding carboxylic acids is 1. The highest BCUT2D eigenvalue weighted by Crippen LogP contribution is 2.31. The molecule has 9 heteroatoms. The predicted molar refractivity (Wildman–Crippen MR) is 97.8 cm³/mol. The Balaban J connectivity index is 2.36. The second-order valence-electron chi connectivity index (χ2n) is 5.04. The summed E-state index contributed by atoms with van der Waals surface area (Å²) < 4.78 is 42.8. The Hall–Kier alpha value is -2.45. The zero-order chi connectivity index (χ0) is 19.3. The van der Waals surface area contributed by atoms with Crippen LogP contribution in [0.2, 0.25) is 5.02 Å². The van der Waals surface area contributed by atoms with E-state index in [9.17, 15) is 13.2 Å². The molecule has 2 rings (SSSR count). The van der Waals surface area contributed by atoms with E-state index in [-0.39, 0.29) is 27.8 Å². The molecule has 2 aromatic rings. The second kappa shape index (κ2) is 8.29. The Kier molecular flexibility index (Phi) is 6.33. The minimum Gasteiger partial charge on any atom is -0.493 e. The molecule has 1 N–H and O–H groups in total. The van der Waals surface area contributed by atoms with Crippen molar-refractivity contribution in [1.29, 1.82) is 0 Å². The van der Waals surface area contributed by atoms with E-state index in [0.717, 1.165) is 0 Å². The maximum absolute atomic E-state index is 12.6. The number of hydrogen-bond acceptors (Lipinski definition) is 6. The lowest BCUT2D eigenvalue weighted by Gasteiger charge is -2.12. The summed E-state index contributed by atoms with van der Waals surface area (Å²) >= 11 is 5.96. The normalized spacial score (nSPS) is 10.9. The maximum atomic E-state index is 12.6. The predicted octanol–water partition coefficient (Wildman–Crippen LogP) is 3.33. The molecule has 0 aliphatic carbocycles. The smallest absolute Gasteiger partial charge is 0.339 e. The standard InChI is InChI=1S/C17H18ClNO6S/c1-4-25-17(20)13-10-12(6-7-14(13)18)26(21,22)19-11-5-8-15(23-2)16(9-11)24-3/h5-10,19H,4H2,1-3H3. The van der Waals surface area contributed by atoms with Gasteiger partial charge < -0.3 is 14.2 Å². The molecule has 0 aliphatic rings. The summed E-state index contributed by atoms with van der Waals surface area (Å²) in [5.41, 5.74) is 0.249. The number of sulfonamides is 1. The summed E-state index contributed by atoms with van der Waals surface area (Å²) in [5.74, 6) is 0.142. The molecule has 0 fully saturated rings. The van der Waals surface area contributed by atoms with Gasteiger partial charge in [0.1, 0.15) is 0 Å².